The molecule has 1 aliphatic carbocycles. The summed E-state index contributed by atoms with van der Waals surface area (Å²) in [5.41, 5.74) is 0.521. The number of hydrogen-bond donors (Lipinski definition) is 0. The summed E-state index contributed by atoms with van der Waals surface area (Å²) in [5.74, 6) is -6.26. The summed E-state index contributed by atoms with van der Waals surface area (Å²) in [6, 6.07) is 0. The molecular weight excluding hydrogens is 313 g/mol. The first-order chi connectivity index (χ1) is 10.9. The Morgan fingerprint density at radius 2 is 2.04 bits per heavy atom. The predicted octanol–water partition coefficient (Wildman–Crippen LogP) is 0.999. The van der Waals surface area contributed by atoms with Gasteiger partial charge in [0, 0.05) is 23.3 Å². The lowest BCUT2D eigenvalue weighted by molar-refractivity contribution is -0.490. The molecule has 9 heteroatoms. The van der Waals surface area contributed by atoms with Crippen molar-refractivity contribution in [2.24, 2.45) is 17.8 Å². The van der Waals surface area contributed by atoms with E-state index in [-0.39, 0.29) is 0 Å². The van der Waals surface area contributed by atoms with Crippen LogP contribution in [0.4, 0.5) is 4.39 Å². The third-order valence-electron chi connectivity index (χ3n) is 4.01. The quantitative estimate of drug-likeness (QED) is 0.310. The summed E-state index contributed by atoms with van der Waals surface area (Å²) < 4.78 is 28.7. The Morgan fingerprint density at radius 3 is 2.57 bits per heavy atom. The van der Waals surface area contributed by atoms with Gasteiger partial charge in [-0.2, -0.15) is 0 Å². The maximum atomic E-state index is 14.3. The molecule has 0 aromatic heterocycles. The van der Waals surface area contributed by atoms with Crippen molar-refractivity contribution in [3.8, 4) is 0 Å². The second-order valence-electron chi connectivity index (χ2n) is 5.20. The number of rotatable bonds is 6. The SMILES string of the molecule is COC(=O)C(C(=O)OC)C(C[N+](=O)[O-])C1C(F)=CC2=C1CCO2. The molecule has 1 aliphatic heterocycles. The molecule has 0 bridgehead atoms. The number of ether oxygens (including phenoxy) is 3. The minimum Gasteiger partial charge on any atom is -0.493 e. The summed E-state index contributed by atoms with van der Waals surface area (Å²) in [4.78, 5) is 34.2. The molecule has 2 atom stereocenters. The molecule has 2 aliphatic rings. The van der Waals surface area contributed by atoms with Gasteiger partial charge in [0.2, 0.25) is 6.54 Å². The number of nitro groups is 1. The predicted molar refractivity (Wildman–Crippen MR) is 73.1 cm³/mol. The van der Waals surface area contributed by atoms with Crippen molar-refractivity contribution in [2.45, 2.75) is 6.42 Å². The van der Waals surface area contributed by atoms with Gasteiger partial charge in [0.25, 0.3) is 0 Å². The fourth-order valence-electron chi connectivity index (χ4n) is 3.05. The van der Waals surface area contributed by atoms with E-state index in [0.29, 0.717) is 24.4 Å². The van der Waals surface area contributed by atoms with Crippen LogP contribution in [0.3, 0.4) is 0 Å². The Hall–Kier alpha value is -2.45. The average Bonchev–Trinajstić information content (AvgIpc) is 3.05. The van der Waals surface area contributed by atoms with E-state index in [2.05, 4.69) is 9.47 Å². The Bertz CT molecular complexity index is 582. The van der Waals surface area contributed by atoms with E-state index in [1.54, 1.807) is 0 Å². The standard InChI is InChI=1S/C14H16FNO7/c1-21-13(17)12(14(18)22-2)8(6-16(19)20)11-7-3-4-23-10(7)5-9(11)15/h5,8,11-12H,3-4,6H2,1-2H3. The number of hydrogen-bond acceptors (Lipinski definition) is 7. The van der Waals surface area contributed by atoms with Gasteiger partial charge in [-0.3, -0.25) is 19.7 Å². The Morgan fingerprint density at radius 1 is 1.43 bits per heavy atom. The molecule has 1 heterocycles. The largest absolute Gasteiger partial charge is 0.493 e. The van der Waals surface area contributed by atoms with Crippen LogP contribution in [0.15, 0.2) is 23.2 Å². The van der Waals surface area contributed by atoms with E-state index in [9.17, 15) is 24.1 Å². The second kappa shape index (κ2) is 6.76. The van der Waals surface area contributed by atoms with Crippen LogP contribution in [-0.4, -0.2) is 44.2 Å². The summed E-state index contributed by atoms with van der Waals surface area (Å²) in [6.45, 7) is -0.450. The van der Waals surface area contributed by atoms with E-state index in [4.69, 9.17) is 4.74 Å². The molecule has 0 saturated heterocycles. The number of halogens is 1. The van der Waals surface area contributed by atoms with Crippen molar-refractivity contribution >= 4 is 11.9 Å². The minimum absolute atomic E-state index is 0.314. The maximum Gasteiger partial charge on any atom is 0.320 e. The lowest BCUT2D eigenvalue weighted by Crippen LogP contribution is -2.41. The van der Waals surface area contributed by atoms with Crippen LogP contribution in [0.25, 0.3) is 0 Å². The summed E-state index contributed by atoms with van der Waals surface area (Å²) >= 11 is 0. The van der Waals surface area contributed by atoms with Gasteiger partial charge in [-0.1, -0.05) is 0 Å². The first-order valence-electron chi connectivity index (χ1n) is 6.91. The van der Waals surface area contributed by atoms with Gasteiger partial charge in [0.15, 0.2) is 5.92 Å². The van der Waals surface area contributed by atoms with Crippen LogP contribution in [-0.2, 0) is 23.8 Å². The topological polar surface area (TPSA) is 105 Å². The molecule has 23 heavy (non-hydrogen) atoms. The van der Waals surface area contributed by atoms with Crippen LogP contribution in [0.2, 0.25) is 0 Å². The highest BCUT2D eigenvalue weighted by atomic mass is 19.1. The third-order valence-corrected chi connectivity index (χ3v) is 4.01. The molecule has 0 aromatic carbocycles. The first-order valence-corrected chi connectivity index (χ1v) is 6.91. The molecule has 8 nitrogen and oxygen atoms in total. The van der Waals surface area contributed by atoms with Crippen molar-refractivity contribution in [2.75, 3.05) is 27.4 Å². The van der Waals surface area contributed by atoms with Gasteiger partial charge in [-0.25, -0.2) is 4.39 Å². The molecule has 0 fully saturated rings. The van der Waals surface area contributed by atoms with Gasteiger partial charge < -0.3 is 14.2 Å². The molecular formula is C14H16FNO7. The smallest absolute Gasteiger partial charge is 0.320 e. The molecule has 2 rings (SSSR count). The zero-order chi connectivity index (χ0) is 17.1. The van der Waals surface area contributed by atoms with E-state index in [1.807, 2.05) is 0 Å². The molecule has 0 spiro atoms. The lowest BCUT2D eigenvalue weighted by atomic mass is 9.77. The van der Waals surface area contributed by atoms with Gasteiger partial charge in [0.1, 0.15) is 11.6 Å². The molecule has 0 radical (unpaired) electrons. The highest BCUT2D eigenvalue weighted by Crippen LogP contribution is 2.45. The van der Waals surface area contributed by atoms with Gasteiger partial charge in [0.05, 0.1) is 26.7 Å². The van der Waals surface area contributed by atoms with Gasteiger partial charge in [-0.15, -0.1) is 0 Å². The van der Waals surface area contributed by atoms with Crippen LogP contribution < -0.4 is 0 Å². The fraction of sp³-hybridized carbons (Fsp3) is 0.571. The number of nitrogens with zero attached hydrogens (tertiary/aromatic N) is 1. The summed E-state index contributed by atoms with van der Waals surface area (Å²) in [5, 5.41) is 11.0. The zero-order valence-corrected chi connectivity index (χ0v) is 12.6. The van der Waals surface area contributed by atoms with Crippen LogP contribution in [0.1, 0.15) is 6.42 Å². The van der Waals surface area contributed by atoms with Gasteiger partial charge in [-0.05, 0) is 5.57 Å². The van der Waals surface area contributed by atoms with Crippen molar-refractivity contribution in [1.29, 1.82) is 0 Å². The van der Waals surface area contributed by atoms with E-state index < -0.39 is 47.0 Å². The molecule has 0 N–H and O–H groups in total. The zero-order valence-electron chi connectivity index (χ0n) is 12.6. The van der Waals surface area contributed by atoms with Crippen molar-refractivity contribution < 1.29 is 33.1 Å². The summed E-state index contributed by atoms with van der Waals surface area (Å²) in [6.07, 6.45) is 1.53. The number of carbonyl (C=O) groups excluding carboxylic acids is 2. The third kappa shape index (κ3) is 3.17. The molecule has 0 aromatic rings. The van der Waals surface area contributed by atoms with E-state index >= 15 is 0 Å². The molecule has 126 valence electrons. The lowest BCUT2D eigenvalue weighted by Gasteiger charge is -2.26. The minimum atomic E-state index is -1.59. The molecule has 2 unspecified atom stereocenters. The van der Waals surface area contributed by atoms with Crippen LogP contribution in [0.5, 0.6) is 0 Å². The first kappa shape index (κ1) is 16.9. The number of methoxy groups -OCH3 is 2. The maximum absolute atomic E-state index is 14.3. The monoisotopic (exact) mass is 329 g/mol. The van der Waals surface area contributed by atoms with Crippen LogP contribution in [0, 0.1) is 27.9 Å². The Balaban J connectivity index is 2.43. The number of carbonyl (C=O) groups is 2. The Labute approximate surface area is 131 Å². The van der Waals surface area contributed by atoms with Crippen molar-refractivity contribution in [3.05, 3.63) is 33.3 Å². The second-order valence-corrected chi connectivity index (χ2v) is 5.20. The van der Waals surface area contributed by atoms with Crippen molar-refractivity contribution in [1.82, 2.24) is 0 Å². The van der Waals surface area contributed by atoms with Gasteiger partial charge >= 0.3 is 11.9 Å². The highest BCUT2D eigenvalue weighted by molar-refractivity contribution is 5.95. The number of esters is 2. The number of allylic oxidation sites excluding steroid dienone is 2. The Kier molecular flexibility index (Phi) is 4.97. The van der Waals surface area contributed by atoms with E-state index in [0.717, 1.165) is 20.3 Å². The average molecular weight is 329 g/mol. The molecule has 0 amide bonds. The normalized spacial score (nSPS) is 20.7. The van der Waals surface area contributed by atoms with E-state index in [1.165, 1.54) is 0 Å². The summed E-state index contributed by atoms with van der Waals surface area (Å²) in [7, 11) is 2.09. The fourth-order valence-corrected chi connectivity index (χ4v) is 3.05. The highest BCUT2D eigenvalue weighted by Gasteiger charge is 2.49. The van der Waals surface area contributed by atoms with Crippen molar-refractivity contribution in [3.63, 3.8) is 0 Å². The van der Waals surface area contributed by atoms with Crippen LogP contribution >= 0.6 is 0 Å². The molecule has 0 saturated carbocycles.